The highest BCUT2D eigenvalue weighted by molar-refractivity contribution is 6.31. The first-order valence-corrected chi connectivity index (χ1v) is 12.0. The van der Waals surface area contributed by atoms with Crippen molar-refractivity contribution in [1.29, 1.82) is 0 Å². The molecule has 0 bridgehead atoms. The van der Waals surface area contributed by atoms with Crippen molar-refractivity contribution in [3.8, 4) is 11.3 Å². The topological polar surface area (TPSA) is 31.1 Å². The largest absolute Gasteiger partial charge is 0.355 e. The zero-order chi connectivity index (χ0) is 21.5. The van der Waals surface area contributed by atoms with Crippen molar-refractivity contribution >= 4 is 22.5 Å². The van der Waals surface area contributed by atoms with Gasteiger partial charge < -0.3 is 10.3 Å². The highest BCUT2D eigenvalue weighted by Crippen LogP contribution is 2.35. The minimum atomic E-state index is 0.706. The van der Waals surface area contributed by atoms with Crippen LogP contribution in [0.15, 0.2) is 66.7 Å². The molecule has 2 aliphatic rings. The molecule has 1 aromatic heterocycles. The molecule has 32 heavy (non-hydrogen) atoms. The smallest absolute Gasteiger partial charge is 0.0468 e. The lowest BCUT2D eigenvalue weighted by molar-refractivity contribution is 0.205. The second kappa shape index (κ2) is 8.40. The number of fused-ring (bicyclic) bond motifs is 2. The van der Waals surface area contributed by atoms with Crippen LogP contribution in [0.25, 0.3) is 22.2 Å². The molecule has 4 heteroatoms. The van der Waals surface area contributed by atoms with Gasteiger partial charge in [-0.05, 0) is 78.4 Å². The Bertz CT molecular complexity index is 1250. The highest BCUT2D eigenvalue weighted by Gasteiger charge is 2.21. The van der Waals surface area contributed by atoms with E-state index in [1.165, 1.54) is 70.3 Å². The van der Waals surface area contributed by atoms with Crippen LogP contribution >= 0.6 is 11.6 Å². The zero-order valence-electron chi connectivity index (χ0n) is 18.2. The minimum Gasteiger partial charge on any atom is -0.355 e. The van der Waals surface area contributed by atoms with Crippen LogP contribution in [0.4, 0.5) is 0 Å². The Morgan fingerprint density at radius 2 is 1.69 bits per heavy atom. The van der Waals surface area contributed by atoms with Crippen molar-refractivity contribution in [3.63, 3.8) is 0 Å². The van der Waals surface area contributed by atoms with E-state index in [9.17, 15) is 0 Å². The van der Waals surface area contributed by atoms with Gasteiger partial charge in [0, 0.05) is 46.8 Å². The first-order chi connectivity index (χ1) is 15.7. The van der Waals surface area contributed by atoms with Crippen LogP contribution in [-0.4, -0.2) is 23.0 Å². The van der Waals surface area contributed by atoms with Gasteiger partial charge in [0.15, 0.2) is 0 Å². The Morgan fingerprint density at radius 3 is 2.53 bits per heavy atom. The standard InChI is InChI=1S/C28H28ClN3/c29-26-8-7-23(24-16-30-17-25(24)26)28-15-22-14-19(6-9-27(22)31-28)18-32-12-10-21(11-13-32)20-4-2-1-3-5-20/h1-9,14-15,21,30-31H,10-13,16-18H2. The van der Waals surface area contributed by atoms with Gasteiger partial charge in [0.2, 0.25) is 0 Å². The molecule has 0 atom stereocenters. The quantitative estimate of drug-likeness (QED) is 0.380. The summed E-state index contributed by atoms with van der Waals surface area (Å²) in [5, 5.41) is 5.58. The average Bonchev–Trinajstić information content (AvgIpc) is 3.48. The van der Waals surface area contributed by atoms with Crippen LogP contribution in [0.3, 0.4) is 0 Å². The maximum Gasteiger partial charge on any atom is 0.0468 e. The fourth-order valence-corrected chi connectivity index (χ4v) is 5.70. The normalized spacial score (nSPS) is 17.2. The first-order valence-electron chi connectivity index (χ1n) is 11.6. The molecule has 162 valence electrons. The molecule has 0 radical (unpaired) electrons. The second-order valence-electron chi connectivity index (χ2n) is 9.22. The number of H-pyrrole nitrogens is 1. The van der Waals surface area contributed by atoms with Crippen LogP contribution in [0, 0.1) is 0 Å². The van der Waals surface area contributed by atoms with Crippen LogP contribution < -0.4 is 5.32 Å². The fraction of sp³-hybridized carbons (Fsp3) is 0.286. The second-order valence-corrected chi connectivity index (χ2v) is 9.63. The molecule has 1 fully saturated rings. The van der Waals surface area contributed by atoms with Gasteiger partial charge in [0.1, 0.15) is 0 Å². The summed E-state index contributed by atoms with van der Waals surface area (Å²) >= 11 is 6.41. The molecule has 2 N–H and O–H groups in total. The lowest BCUT2D eigenvalue weighted by atomic mass is 9.89. The predicted octanol–water partition coefficient (Wildman–Crippen LogP) is 6.47. The Kier molecular flexibility index (Phi) is 5.26. The number of hydrogen-bond donors (Lipinski definition) is 2. The van der Waals surface area contributed by atoms with E-state index in [4.69, 9.17) is 11.6 Å². The van der Waals surface area contributed by atoms with Crippen LogP contribution in [0.1, 0.15) is 41.0 Å². The number of nitrogens with zero attached hydrogens (tertiary/aromatic N) is 1. The predicted molar refractivity (Wildman–Crippen MR) is 133 cm³/mol. The van der Waals surface area contributed by atoms with Gasteiger partial charge >= 0.3 is 0 Å². The van der Waals surface area contributed by atoms with Crippen molar-refractivity contribution in [3.05, 3.63) is 94.0 Å². The third-order valence-corrected chi connectivity index (χ3v) is 7.57. The third kappa shape index (κ3) is 3.75. The molecule has 3 aromatic carbocycles. The van der Waals surface area contributed by atoms with Crippen molar-refractivity contribution in [2.75, 3.05) is 13.1 Å². The number of halogens is 1. The monoisotopic (exact) mass is 441 g/mol. The van der Waals surface area contributed by atoms with Crippen LogP contribution in [-0.2, 0) is 19.6 Å². The van der Waals surface area contributed by atoms with Gasteiger partial charge in [-0.2, -0.15) is 0 Å². The maximum atomic E-state index is 6.41. The number of benzene rings is 3. The third-order valence-electron chi connectivity index (χ3n) is 7.22. The summed E-state index contributed by atoms with van der Waals surface area (Å²) in [6.07, 6.45) is 2.49. The van der Waals surface area contributed by atoms with Gasteiger partial charge in [0.25, 0.3) is 0 Å². The van der Waals surface area contributed by atoms with Gasteiger partial charge in [-0.25, -0.2) is 0 Å². The highest BCUT2D eigenvalue weighted by atomic mass is 35.5. The summed E-state index contributed by atoms with van der Waals surface area (Å²) in [4.78, 5) is 6.23. The van der Waals surface area contributed by atoms with E-state index < -0.39 is 0 Å². The molecular weight excluding hydrogens is 414 g/mol. The number of rotatable bonds is 4. The summed E-state index contributed by atoms with van der Waals surface area (Å²) in [5.41, 5.74) is 9.09. The molecule has 3 nitrogen and oxygen atoms in total. The van der Waals surface area contributed by atoms with E-state index in [1.54, 1.807) is 0 Å². The summed E-state index contributed by atoms with van der Waals surface area (Å²) in [6.45, 7) is 5.09. The SMILES string of the molecule is Clc1ccc(-c2cc3cc(CN4CCC(c5ccccc5)CC4)ccc3[nH]2)c2c1CNC2. The van der Waals surface area contributed by atoms with Crippen molar-refractivity contribution in [2.45, 2.75) is 38.4 Å². The Labute approximate surface area is 194 Å². The van der Waals surface area contributed by atoms with Crippen LogP contribution in [0.2, 0.25) is 5.02 Å². The molecule has 0 unspecified atom stereocenters. The summed E-state index contributed by atoms with van der Waals surface area (Å²) < 4.78 is 0. The van der Waals surface area contributed by atoms with E-state index in [-0.39, 0.29) is 0 Å². The van der Waals surface area contributed by atoms with E-state index in [0.717, 1.165) is 24.7 Å². The molecule has 1 saturated heterocycles. The summed E-state index contributed by atoms with van der Waals surface area (Å²) in [6, 6.07) is 24.3. The van der Waals surface area contributed by atoms with E-state index in [1.807, 2.05) is 6.07 Å². The average molecular weight is 442 g/mol. The molecule has 2 aliphatic heterocycles. The number of aromatic nitrogens is 1. The maximum absolute atomic E-state index is 6.41. The van der Waals surface area contributed by atoms with Crippen molar-refractivity contribution in [1.82, 2.24) is 15.2 Å². The fourth-order valence-electron chi connectivity index (χ4n) is 5.46. The number of likely N-dealkylation sites (tertiary alicyclic amines) is 1. The number of nitrogens with one attached hydrogen (secondary N) is 2. The number of aromatic amines is 1. The minimum absolute atomic E-state index is 0.706. The Hall–Kier alpha value is -2.59. The van der Waals surface area contributed by atoms with E-state index in [0.29, 0.717) is 5.92 Å². The summed E-state index contributed by atoms with van der Waals surface area (Å²) in [5.74, 6) is 0.706. The molecule has 6 rings (SSSR count). The Balaban J connectivity index is 1.19. The van der Waals surface area contributed by atoms with Crippen LogP contribution in [0.5, 0.6) is 0 Å². The van der Waals surface area contributed by atoms with Crippen molar-refractivity contribution < 1.29 is 0 Å². The molecule has 0 aliphatic carbocycles. The lowest BCUT2D eigenvalue weighted by Gasteiger charge is -2.32. The van der Waals surface area contributed by atoms with E-state index in [2.05, 4.69) is 75.9 Å². The summed E-state index contributed by atoms with van der Waals surface area (Å²) in [7, 11) is 0. The molecule has 0 saturated carbocycles. The first kappa shape index (κ1) is 20.0. The molecule has 0 amide bonds. The molecular formula is C28H28ClN3. The van der Waals surface area contributed by atoms with Gasteiger partial charge in [0.05, 0.1) is 0 Å². The van der Waals surface area contributed by atoms with Gasteiger partial charge in [-0.1, -0.05) is 54.1 Å². The molecule has 4 aromatic rings. The number of piperidine rings is 1. The van der Waals surface area contributed by atoms with Crippen molar-refractivity contribution in [2.24, 2.45) is 0 Å². The zero-order valence-corrected chi connectivity index (χ0v) is 19.0. The Morgan fingerprint density at radius 1 is 0.875 bits per heavy atom. The molecule has 3 heterocycles. The lowest BCUT2D eigenvalue weighted by Crippen LogP contribution is -2.32. The van der Waals surface area contributed by atoms with E-state index >= 15 is 0 Å². The molecule has 0 spiro atoms. The van der Waals surface area contributed by atoms with Gasteiger partial charge in [-0.3, -0.25) is 4.90 Å². The number of hydrogen-bond acceptors (Lipinski definition) is 2. The van der Waals surface area contributed by atoms with Gasteiger partial charge in [-0.15, -0.1) is 0 Å².